The summed E-state index contributed by atoms with van der Waals surface area (Å²) in [6, 6.07) is 3.11. The Bertz CT molecular complexity index is 1050. The van der Waals surface area contributed by atoms with Crippen LogP contribution in [0.4, 0.5) is 11.4 Å². The van der Waals surface area contributed by atoms with E-state index in [-0.39, 0.29) is 17.1 Å². The molecule has 0 radical (unpaired) electrons. The number of hydrogen-bond donors (Lipinski definition) is 1. The highest BCUT2D eigenvalue weighted by Gasteiger charge is 2.21. The van der Waals surface area contributed by atoms with Crippen molar-refractivity contribution in [3.05, 3.63) is 45.8 Å². The topological polar surface area (TPSA) is 94.9 Å². The van der Waals surface area contributed by atoms with E-state index >= 15 is 0 Å². The average molecular weight is 409 g/mol. The molecule has 28 heavy (non-hydrogen) atoms. The van der Waals surface area contributed by atoms with Gasteiger partial charge in [-0.25, -0.2) is 4.98 Å². The number of hydrogen-bond acceptors (Lipinski definition) is 5. The van der Waals surface area contributed by atoms with Crippen LogP contribution < -0.4 is 5.73 Å². The van der Waals surface area contributed by atoms with Gasteiger partial charge in [-0.1, -0.05) is 51.1 Å². The largest absolute Gasteiger partial charge is 0.397 e. The Morgan fingerprint density at radius 3 is 1.79 bits per heavy atom. The van der Waals surface area contributed by atoms with Crippen LogP contribution in [0.3, 0.4) is 0 Å². The molecule has 2 aromatic heterocycles. The second kappa shape index (κ2) is 7.97. The highest BCUT2D eigenvalue weighted by Crippen LogP contribution is 2.31. The Balaban J connectivity index is 2.50. The van der Waals surface area contributed by atoms with E-state index in [1.54, 1.807) is 12.3 Å². The zero-order valence-corrected chi connectivity index (χ0v) is 19.0. The summed E-state index contributed by atoms with van der Waals surface area (Å²) < 4.78 is 0. The molecule has 2 aromatic rings. The van der Waals surface area contributed by atoms with Gasteiger partial charge in [0.2, 0.25) is 0 Å². The number of nitro groups is 1. The molecule has 2 rings (SSSR count). The van der Waals surface area contributed by atoms with Crippen LogP contribution in [0.1, 0.15) is 11.1 Å². The monoisotopic (exact) mass is 408 g/mol. The molecule has 8 heteroatoms. The molecule has 0 aromatic carbocycles. The van der Waals surface area contributed by atoms with Crippen LogP contribution in [0.5, 0.6) is 0 Å². The third kappa shape index (κ3) is 6.05. The van der Waals surface area contributed by atoms with E-state index in [0.29, 0.717) is 16.8 Å². The number of nitrogens with zero attached hydrogens (tertiary/aromatic N) is 3. The molecule has 144 valence electrons. The average Bonchev–Trinajstić information content (AvgIpc) is 2.57. The van der Waals surface area contributed by atoms with E-state index in [4.69, 9.17) is 5.73 Å². The molecule has 0 unspecified atom stereocenters. The molecule has 0 spiro atoms. The molecular formula is C20H24N4O2Si2. The van der Waals surface area contributed by atoms with Crippen molar-refractivity contribution in [2.45, 2.75) is 39.3 Å². The predicted octanol–water partition coefficient (Wildman–Crippen LogP) is 4.09. The summed E-state index contributed by atoms with van der Waals surface area (Å²) >= 11 is 0. The predicted molar refractivity (Wildman–Crippen MR) is 119 cm³/mol. The molecule has 0 aliphatic rings. The van der Waals surface area contributed by atoms with Crippen LogP contribution in [-0.4, -0.2) is 31.0 Å². The molecule has 0 atom stereocenters. The van der Waals surface area contributed by atoms with Gasteiger partial charge in [0.15, 0.2) is 5.69 Å². The van der Waals surface area contributed by atoms with Crippen LogP contribution in [-0.2, 0) is 0 Å². The normalized spacial score (nSPS) is 11.1. The quantitative estimate of drug-likeness (QED) is 0.349. The molecule has 6 nitrogen and oxygen atoms in total. The number of nitrogen functional groups attached to an aromatic ring is 1. The lowest BCUT2D eigenvalue weighted by Crippen LogP contribution is -2.16. The van der Waals surface area contributed by atoms with Crippen molar-refractivity contribution in [1.82, 2.24) is 9.97 Å². The lowest BCUT2D eigenvalue weighted by molar-refractivity contribution is -0.384. The first-order valence-electron chi connectivity index (χ1n) is 8.82. The van der Waals surface area contributed by atoms with Crippen molar-refractivity contribution in [3.8, 4) is 34.3 Å². The Labute approximate surface area is 167 Å². The SMILES string of the molecule is C[Si](C)(C)C#Cc1cnc(-c2ncc(C#C[Si](C)(C)C)cc2[N+](=O)[O-])c(N)c1. The van der Waals surface area contributed by atoms with Gasteiger partial charge >= 0.3 is 0 Å². The van der Waals surface area contributed by atoms with Crippen LogP contribution in [0.25, 0.3) is 11.4 Å². The summed E-state index contributed by atoms with van der Waals surface area (Å²) in [6.07, 6.45) is 3.10. The Morgan fingerprint density at radius 2 is 1.36 bits per heavy atom. The number of pyridine rings is 2. The number of aromatic nitrogens is 2. The lowest BCUT2D eigenvalue weighted by atomic mass is 10.1. The van der Waals surface area contributed by atoms with Crippen molar-refractivity contribution < 1.29 is 4.92 Å². The Hall–Kier alpha value is -2.95. The zero-order valence-electron chi connectivity index (χ0n) is 17.0. The van der Waals surface area contributed by atoms with Gasteiger partial charge in [0.1, 0.15) is 21.8 Å². The first-order chi connectivity index (χ1) is 12.9. The first-order valence-corrected chi connectivity index (χ1v) is 15.8. The molecule has 0 saturated carbocycles. The Kier molecular flexibility index (Phi) is 6.08. The van der Waals surface area contributed by atoms with Gasteiger partial charge in [0, 0.05) is 29.6 Å². The molecule has 2 N–H and O–H groups in total. The van der Waals surface area contributed by atoms with Gasteiger partial charge < -0.3 is 5.73 Å². The van der Waals surface area contributed by atoms with Gasteiger partial charge in [-0.15, -0.1) is 11.1 Å². The summed E-state index contributed by atoms with van der Waals surface area (Å²) in [5.74, 6) is 6.07. The lowest BCUT2D eigenvalue weighted by Gasteiger charge is -2.07. The molecule has 0 fully saturated rings. The minimum Gasteiger partial charge on any atom is -0.397 e. The van der Waals surface area contributed by atoms with E-state index in [0.717, 1.165) is 0 Å². The fraction of sp³-hybridized carbons (Fsp3) is 0.300. The fourth-order valence-electron chi connectivity index (χ4n) is 2.11. The van der Waals surface area contributed by atoms with Gasteiger partial charge in [-0.2, -0.15) is 0 Å². The summed E-state index contributed by atoms with van der Waals surface area (Å²) in [7, 11) is -3.13. The highest BCUT2D eigenvalue weighted by atomic mass is 28.3. The second-order valence-electron chi connectivity index (χ2n) is 8.51. The van der Waals surface area contributed by atoms with Gasteiger partial charge in [-0.05, 0) is 6.07 Å². The number of nitrogens with two attached hydrogens (primary N) is 1. The third-order valence-corrected chi connectivity index (χ3v) is 5.12. The van der Waals surface area contributed by atoms with E-state index in [1.165, 1.54) is 12.3 Å². The maximum atomic E-state index is 11.6. The molecular weight excluding hydrogens is 384 g/mol. The fourth-order valence-corrected chi connectivity index (χ4v) is 3.15. The van der Waals surface area contributed by atoms with Crippen molar-refractivity contribution in [2.75, 3.05) is 5.73 Å². The standard InChI is InChI=1S/C20H24N4O2Si2/c1-27(2,3)9-7-15-11-17(21)19(22-13-15)20-18(24(25)26)12-16(14-23-20)8-10-28(4,5)6/h11-14H,21H2,1-6H3. The molecule has 0 saturated heterocycles. The molecule has 0 aliphatic heterocycles. The third-order valence-electron chi connectivity index (χ3n) is 3.37. The summed E-state index contributed by atoms with van der Waals surface area (Å²) in [6.45, 7) is 12.7. The maximum absolute atomic E-state index is 11.6. The van der Waals surface area contributed by atoms with Crippen LogP contribution >= 0.6 is 0 Å². The van der Waals surface area contributed by atoms with E-state index < -0.39 is 21.1 Å². The first kappa shape index (κ1) is 21.4. The van der Waals surface area contributed by atoms with Crippen molar-refractivity contribution in [1.29, 1.82) is 0 Å². The van der Waals surface area contributed by atoms with E-state index in [2.05, 4.69) is 72.2 Å². The zero-order chi connectivity index (χ0) is 21.1. The van der Waals surface area contributed by atoms with Crippen molar-refractivity contribution in [3.63, 3.8) is 0 Å². The van der Waals surface area contributed by atoms with Gasteiger partial charge in [-0.3, -0.25) is 15.1 Å². The Morgan fingerprint density at radius 1 is 0.893 bits per heavy atom. The van der Waals surface area contributed by atoms with Crippen LogP contribution in [0.15, 0.2) is 24.5 Å². The van der Waals surface area contributed by atoms with Crippen LogP contribution in [0.2, 0.25) is 39.3 Å². The minimum atomic E-state index is -1.60. The molecule has 0 amide bonds. The summed E-state index contributed by atoms with van der Waals surface area (Å²) in [4.78, 5) is 19.6. The minimum absolute atomic E-state index is 0.130. The van der Waals surface area contributed by atoms with E-state index in [1.807, 2.05) is 0 Å². The molecule has 0 bridgehead atoms. The number of anilines is 1. The molecule has 0 aliphatic carbocycles. The maximum Gasteiger partial charge on any atom is 0.298 e. The van der Waals surface area contributed by atoms with Crippen molar-refractivity contribution in [2.24, 2.45) is 0 Å². The molecule has 2 heterocycles. The summed E-state index contributed by atoms with van der Waals surface area (Å²) in [5, 5.41) is 11.6. The van der Waals surface area contributed by atoms with Crippen molar-refractivity contribution >= 4 is 27.5 Å². The van der Waals surface area contributed by atoms with Crippen LogP contribution in [0, 0.1) is 33.0 Å². The van der Waals surface area contributed by atoms with Gasteiger partial charge in [0.05, 0.1) is 10.6 Å². The second-order valence-corrected chi connectivity index (χ2v) is 18.0. The summed E-state index contributed by atoms with van der Waals surface area (Å²) in [5.41, 5.74) is 14.3. The number of rotatable bonds is 2. The van der Waals surface area contributed by atoms with E-state index in [9.17, 15) is 10.1 Å². The van der Waals surface area contributed by atoms with Gasteiger partial charge in [0.25, 0.3) is 5.69 Å². The smallest absolute Gasteiger partial charge is 0.298 e. The highest BCUT2D eigenvalue weighted by molar-refractivity contribution is 6.84.